The Kier molecular flexibility index (Phi) is 4.56. The highest BCUT2D eigenvalue weighted by Crippen LogP contribution is 2.36. The molecule has 17 heavy (non-hydrogen) atoms. The van der Waals surface area contributed by atoms with E-state index in [1.807, 2.05) is 0 Å². The lowest BCUT2D eigenvalue weighted by molar-refractivity contribution is 0.537. The predicted molar refractivity (Wildman–Crippen MR) is 80.7 cm³/mol. The first-order valence-corrected chi connectivity index (χ1v) is 7.97. The van der Waals surface area contributed by atoms with Crippen LogP contribution in [0.5, 0.6) is 0 Å². The number of hydrogen-bond donors (Lipinski definition) is 1. The van der Waals surface area contributed by atoms with Crippen molar-refractivity contribution >= 4 is 27.7 Å². The monoisotopic (exact) mass is 313 g/mol. The van der Waals surface area contributed by atoms with Crippen LogP contribution in [0.2, 0.25) is 0 Å². The van der Waals surface area contributed by atoms with Crippen LogP contribution >= 0.6 is 27.7 Å². The van der Waals surface area contributed by atoms with Gasteiger partial charge in [-0.2, -0.15) is 11.8 Å². The minimum atomic E-state index is 0.463. The summed E-state index contributed by atoms with van der Waals surface area (Å²) in [6.45, 7) is 6.61. The van der Waals surface area contributed by atoms with Gasteiger partial charge in [0.1, 0.15) is 0 Å². The quantitative estimate of drug-likeness (QED) is 0.897. The Morgan fingerprint density at radius 1 is 1.47 bits per heavy atom. The summed E-state index contributed by atoms with van der Waals surface area (Å²) >= 11 is 5.65. The first-order chi connectivity index (χ1) is 8.09. The van der Waals surface area contributed by atoms with Crippen LogP contribution in [0.1, 0.15) is 30.9 Å². The molecule has 3 heteroatoms. The topological polar surface area (TPSA) is 12.0 Å². The van der Waals surface area contributed by atoms with Crippen LogP contribution < -0.4 is 5.32 Å². The fourth-order valence-corrected chi connectivity index (χ4v) is 3.79. The van der Waals surface area contributed by atoms with Crippen LogP contribution in [0, 0.1) is 6.92 Å². The third-order valence-corrected chi connectivity index (χ3v) is 5.78. The summed E-state index contributed by atoms with van der Waals surface area (Å²) in [6.07, 6.45) is 2.73. The van der Waals surface area contributed by atoms with Crippen molar-refractivity contribution in [1.82, 2.24) is 5.32 Å². The number of hydrogen-bond acceptors (Lipinski definition) is 2. The van der Waals surface area contributed by atoms with Gasteiger partial charge in [-0.05, 0) is 49.6 Å². The minimum Gasteiger partial charge on any atom is -0.311 e. The average Bonchev–Trinajstić information content (AvgIpc) is 2.71. The molecule has 0 bridgehead atoms. The van der Waals surface area contributed by atoms with Crippen molar-refractivity contribution in [2.75, 3.05) is 12.3 Å². The molecule has 0 aliphatic carbocycles. The lowest BCUT2D eigenvalue weighted by atomic mass is 10.1. The van der Waals surface area contributed by atoms with E-state index < -0.39 is 0 Å². The summed E-state index contributed by atoms with van der Waals surface area (Å²) in [6, 6.07) is 6.58. The molecular weight excluding hydrogens is 294 g/mol. The van der Waals surface area contributed by atoms with Crippen molar-refractivity contribution in [3.8, 4) is 0 Å². The maximum absolute atomic E-state index is 3.59. The average molecular weight is 314 g/mol. The number of aryl methyl sites for hydroxylation is 1. The molecule has 1 unspecified atom stereocenters. The van der Waals surface area contributed by atoms with E-state index in [4.69, 9.17) is 0 Å². The Hall–Kier alpha value is 0.01000. The van der Waals surface area contributed by atoms with Crippen molar-refractivity contribution < 1.29 is 0 Å². The van der Waals surface area contributed by atoms with Crippen LogP contribution in [0.3, 0.4) is 0 Å². The fraction of sp³-hybridized carbons (Fsp3) is 0.571. The summed E-state index contributed by atoms with van der Waals surface area (Å²) in [5.41, 5.74) is 2.68. The van der Waals surface area contributed by atoms with E-state index in [0.717, 1.165) is 13.1 Å². The summed E-state index contributed by atoms with van der Waals surface area (Å²) in [7, 11) is 0. The van der Waals surface area contributed by atoms with Gasteiger partial charge in [-0.1, -0.05) is 28.1 Å². The van der Waals surface area contributed by atoms with Crippen molar-refractivity contribution in [3.05, 3.63) is 33.8 Å². The molecular formula is C14H20BrNS. The largest absolute Gasteiger partial charge is 0.311 e. The molecule has 2 rings (SSSR count). The van der Waals surface area contributed by atoms with E-state index in [-0.39, 0.29) is 0 Å². The zero-order valence-electron chi connectivity index (χ0n) is 10.6. The molecule has 1 aromatic carbocycles. The van der Waals surface area contributed by atoms with Crippen molar-refractivity contribution in [2.24, 2.45) is 0 Å². The molecule has 1 aliphatic heterocycles. The first-order valence-electron chi connectivity index (χ1n) is 6.19. The van der Waals surface area contributed by atoms with Crippen molar-refractivity contribution in [1.29, 1.82) is 0 Å². The second-order valence-electron chi connectivity index (χ2n) is 5.09. The van der Waals surface area contributed by atoms with Gasteiger partial charge in [0.2, 0.25) is 0 Å². The molecule has 1 N–H and O–H groups in total. The van der Waals surface area contributed by atoms with E-state index in [2.05, 4.69) is 65.1 Å². The van der Waals surface area contributed by atoms with E-state index in [0.29, 0.717) is 4.75 Å². The number of benzene rings is 1. The minimum absolute atomic E-state index is 0.463. The van der Waals surface area contributed by atoms with E-state index in [1.165, 1.54) is 34.2 Å². The van der Waals surface area contributed by atoms with Gasteiger partial charge in [0.25, 0.3) is 0 Å². The Bertz CT molecular complexity index is 386. The maximum atomic E-state index is 3.59. The molecule has 1 aromatic rings. The van der Waals surface area contributed by atoms with Crippen molar-refractivity contribution in [3.63, 3.8) is 0 Å². The molecule has 1 fully saturated rings. The van der Waals surface area contributed by atoms with Crippen LogP contribution in [-0.2, 0) is 6.54 Å². The Balaban J connectivity index is 1.83. The van der Waals surface area contributed by atoms with E-state index in [1.54, 1.807) is 0 Å². The maximum Gasteiger partial charge on any atom is 0.0256 e. The fourth-order valence-electron chi connectivity index (χ4n) is 2.26. The zero-order valence-corrected chi connectivity index (χ0v) is 13.0. The predicted octanol–water partition coefficient (Wildman–Crippen LogP) is 4.13. The van der Waals surface area contributed by atoms with Gasteiger partial charge in [0.05, 0.1) is 0 Å². The third-order valence-electron chi connectivity index (χ3n) is 3.35. The number of rotatable bonds is 4. The highest BCUT2D eigenvalue weighted by Gasteiger charge is 2.28. The number of halogens is 1. The lowest BCUT2D eigenvalue weighted by Gasteiger charge is -2.23. The van der Waals surface area contributed by atoms with Gasteiger partial charge >= 0.3 is 0 Å². The number of thioether (sulfide) groups is 1. The lowest BCUT2D eigenvalue weighted by Crippen LogP contribution is -2.32. The molecule has 0 amide bonds. The highest BCUT2D eigenvalue weighted by molar-refractivity contribution is 9.10. The SMILES string of the molecule is Cc1cc(CNCC2(C)CCCS2)ccc1Br. The smallest absolute Gasteiger partial charge is 0.0256 e. The second kappa shape index (κ2) is 5.77. The normalized spacial score (nSPS) is 24.2. The van der Waals surface area contributed by atoms with Crippen LogP contribution in [-0.4, -0.2) is 17.0 Å². The Morgan fingerprint density at radius 3 is 2.94 bits per heavy atom. The van der Waals surface area contributed by atoms with Gasteiger partial charge in [-0.15, -0.1) is 0 Å². The van der Waals surface area contributed by atoms with Gasteiger partial charge in [-0.25, -0.2) is 0 Å². The third kappa shape index (κ3) is 3.73. The van der Waals surface area contributed by atoms with Crippen LogP contribution in [0.4, 0.5) is 0 Å². The van der Waals surface area contributed by atoms with E-state index >= 15 is 0 Å². The summed E-state index contributed by atoms with van der Waals surface area (Å²) in [5, 5.41) is 3.59. The standard InChI is InChI=1S/C14H20BrNS/c1-11-8-12(4-5-13(11)15)9-16-10-14(2)6-3-7-17-14/h4-5,8,16H,3,6-7,9-10H2,1-2H3. The Morgan fingerprint density at radius 2 is 2.29 bits per heavy atom. The van der Waals surface area contributed by atoms with Gasteiger partial charge in [0, 0.05) is 22.3 Å². The Labute approximate surface area is 117 Å². The van der Waals surface area contributed by atoms with Gasteiger partial charge < -0.3 is 5.32 Å². The molecule has 1 nitrogen and oxygen atoms in total. The second-order valence-corrected chi connectivity index (χ2v) is 7.63. The molecule has 0 aromatic heterocycles. The van der Waals surface area contributed by atoms with E-state index in [9.17, 15) is 0 Å². The molecule has 94 valence electrons. The molecule has 1 aliphatic rings. The van der Waals surface area contributed by atoms with Crippen LogP contribution in [0.15, 0.2) is 22.7 Å². The zero-order chi connectivity index (χ0) is 12.3. The summed E-state index contributed by atoms with van der Waals surface area (Å²) in [4.78, 5) is 0. The highest BCUT2D eigenvalue weighted by atomic mass is 79.9. The van der Waals surface area contributed by atoms with Gasteiger partial charge in [0.15, 0.2) is 0 Å². The molecule has 1 heterocycles. The van der Waals surface area contributed by atoms with Gasteiger partial charge in [-0.3, -0.25) is 0 Å². The van der Waals surface area contributed by atoms with Crippen LogP contribution in [0.25, 0.3) is 0 Å². The molecule has 0 spiro atoms. The first kappa shape index (κ1) is 13.4. The number of nitrogens with one attached hydrogen (secondary N) is 1. The van der Waals surface area contributed by atoms with Crippen molar-refractivity contribution in [2.45, 2.75) is 38.0 Å². The molecule has 1 saturated heterocycles. The molecule has 0 saturated carbocycles. The molecule has 1 atom stereocenters. The molecule has 0 radical (unpaired) electrons. The summed E-state index contributed by atoms with van der Waals surface area (Å²) in [5.74, 6) is 1.33. The summed E-state index contributed by atoms with van der Waals surface area (Å²) < 4.78 is 1.66.